The van der Waals surface area contributed by atoms with Gasteiger partial charge in [0.25, 0.3) is 5.91 Å². The molecule has 2 aromatic rings. The van der Waals surface area contributed by atoms with Crippen LogP contribution >= 0.6 is 11.8 Å². The fraction of sp³-hybridized carbons (Fsp3) is 0.278. The van der Waals surface area contributed by atoms with Crippen LogP contribution in [-0.4, -0.2) is 17.8 Å². The molecule has 0 unspecified atom stereocenters. The molecule has 2 rings (SSSR count). The molecule has 0 bridgehead atoms. The number of halogens is 1. The van der Waals surface area contributed by atoms with Gasteiger partial charge in [0, 0.05) is 4.90 Å². The Bertz CT molecular complexity index is 663. The van der Waals surface area contributed by atoms with Gasteiger partial charge in [-0.3, -0.25) is 4.79 Å². The minimum atomic E-state index is -0.744. The lowest BCUT2D eigenvalue weighted by atomic mass is 10.2. The quantitative estimate of drug-likeness (QED) is 0.744. The summed E-state index contributed by atoms with van der Waals surface area (Å²) in [4.78, 5) is 13.5. The van der Waals surface area contributed by atoms with E-state index in [9.17, 15) is 9.18 Å². The zero-order chi connectivity index (χ0) is 16.7. The average Bonchev–Trinajstić information content (AvgIpc) is 2.56. The number of nitrogens with one attached hydrogen (secondary N) is 1. The predicted octanol–water partition coefficient (Wildman–Crippen LogP) is 4.73. The van der Waals surface area contributed by atoms with Crippen molar-refractivity contribution in [3.8, 4) is 5.75 Å². The Balaban J connectivity index is 2.10. The summed E-state index contributed by atoms with van der Waals surface area (Å²) in [5.41, 5.74) is 0.750. The molecule has 0 saturated heterocycles. The van der Waals surface area contributed by atoms with E-state index in [0.717, 1.165) is 16.3 Å². The number of benzene rings is 2. The third kappa shape index (κ3) is 4.73. The molecular weight excluding hydrogens is 313 g/mol. The number of ether oxygens (including phenoxy) is 1. The summed E-state index contributed by atoms with van der Waals surface area (Å²) >= 11 is 1.65. The van der Waals surface area contributed by atoms with E-state index in [-0.39, 0.29) is 11.7 Å². The van der Waals surface area contributed by atoms with Gasteiger partial charge in [0.05, 0.1) is 5.69 Å². The molecule has 5 heteroatoms. The molecule has 0 fully saturated rings. The highest BCUT2D eigenvalue weighted by Gasteiger charge is 2.20. The van der Waals surface area contributed by atoms with Crippen LogP contribution in [0, 0.1) is 5.82 Å². The van der Waals surface area contributed by atoms with E-state index in [1.807, 2.05) is 31.2 Å². The smallest absolute Gasteiger partial charge is 0.265 e. The van der Waals surface area contributed by atoms with Crippen LogP contribution in [0.5, 0.6) is 5.75 Å². The van der Waals surface area contributed by atoms with Crippen molar-refractivity contribution in [2.24, 2.45) is 0 Å². The van der Waals surface area contributed by atoms with Crippen LogP contribution in [0.1, 0.15) is 20.3 Å². The molecule has 0 saturated carbocycles. The molecule has 0 aliphatic rings. The lowest BCUT2D eigenvalue weighted by Crippen LogP contribution is -2.32. The number of para-hydroxylation sites is 2. The van der Waals surface area contributed by atoms with E-state index in [1.165, 1.54) is 12.1 Å². The summed E-state index contributed by atoms with van der Waals surface area (Å²) in [6.45, 7) is 3.89. The molecule has 0 aromatic heterocycles. The lowest BCUT2D eigenvalue weighted by molar-refractivity contribution is -0.122. The van der Waals surface area contributed by atoms with Gasteiger partial charge < -0.3 is 10.1 Å². The third-order valence-corrected chi connectivity index (χ3v) is 4.17. The Morgan fingerprint density at radius 1 is 1.17 bits per heavy atom. The maximum absolute atomic E-state index is 13.7. The van der Waals surface area contributed by atoms with E-state index in [0.29, 0.717) is 6.42 Å². The summed E-state index contributed by atoms with van der Waals surface area (Å²) in [6.07, 6.45) is -0.296. The van der Waals surface area contributed by atoms with Crippen LogP contribution in [0.2, 0.25) is 0 Å². The van der Waals surface area contributed by atoms with Crippen molar-refractivity contribution in [2.75, 3.05) is 11.1 Å². The van der Waals surface area contributed by atoms with Crippen LogP contribution in [0.15, 0.2) is 53.4 Å². The normalized spacial score (nSPS) is 11.8. The highest BCUT2D eigenvalue weighted by Crippen LogP contribution is 2.27. The summed E-state index contributed by atoms with van der Waals surface area (Å²) in [5.74, 6) is 0.252. The predicted molar refractivity (Wildman–Crippen MR) is 92.6 cm³/mol. The van der Waals surface area contributed by atoms with Crippen LogP contribution < -0.4 is 10.1 Å². The van der Waals surface area contributed by atoms with Crippen molar-refractivity contribution < 1.29 is 13.9 Å². The van der Waals surface area contributed by atoms with Crippen molar-refractivity contribution >= 4 is 23.4 Å². The molecule has 2 aromatic carbocycles. The first-order chi connectivity index (χ1) is 11.2. The molecule has 1 N–H and O–H groups in total. The molecule has 23 heavy (non-hydrogen) atoms. The number of anilines is 1. The molecule has 0 heterocycles. The highest BCUT2D eigenvalue weighted by molar-refractivity contribution is 7.99. The Morgan fingerprint density at radius 2 is 1.87 bits per heavy atom. The van der Waals surface area contributed by atoms with Crippen LogP contribution in [0.3, 0.4) is 0 Å². The molecule has 1 atom stereocenters. The fourth-order valence-corrected chi connectivity index (χ4v) is 2.84. The summed E-state index contributed by atoms with van der Waals surface area (Å²) in [7, 11) is 0. The molecule has 1 amide bonds. The summed E-state index contributed by atoms with van der Waals surface area (Å²) in [6, 6.07) is 13.7. The van der Waals surface area contributed by atoms with Gasteiger partial charge in [-0.25, -0.2) is 4.39 Å². The largest absolute Gasteiger partial charge is 0.478 e. The Morgan fingerprint density at radius 3 is 2.57 bits per heavy atom. The zero-order valence-corrected chi connectivity index (χ0v) is 14.0. The molecule has 3 nitrogen and oxygen atoms in total. The standard InChI is InChI=1S/C18H20FNO2S/c1-3-15(22-16-11-7-5-9-13(16)19)18(21)20-14-10-6-8-12-17(14)23-4-2/h5-12,15H,3-4H2,1-2H3,(H,20,21)/t15-/m0/s1. The molecule has 0 aliphatic heterocycles. The van der Waals surface area contributed by atoms with Crippen LogP contribution in [-0.2, 0) is 4.79 Å². The van der Waals surface area contributed by atoms with Gasteiger partial charge in [-0.2, -0.15) is 0 Å². The van der Waals surface area contributed by atoms with Crippen molar-refractivity contribution in [3.05, 3.63) is 54.3 Å². The first-order valence-electron chi connectivity index (χ1n) is 7.59. The van der Waals surface area contributed by atoms with E-state index < -0.39 is 11.9 Å². The molecule has 0 spiro atoms. The zero-order valence-electron chi connectivity index (χ0n) is 13.2. The SMILES string of the molecule is CCSc1ccccc1NC(=O)[C@H](CC)Oc1ccccc1F. The van der Waals surface area contributed by atoms with Crippen molar-refractivity contribution in [1.29, 1.82) is 0 Å². The van der Waals surface area contributed by atoms with E-state index >= 15 is 0 Å². The van der Waals surface area contributed by atoms with Crippen molar-refractivity contribution in [2.45, 2.75) is 31.3 Å². The Labute approximate surface area is 140 Å². The minimum absolute atomic E-state index is 0.0886. The molecule has 0 radical (unpaired) electrons. The highest BCUT2D eigenvalue weighted by atomic mass is 32.2. The monoisotopic (exact) mass is 333 g/mol. The number of rotatable bonds is 7. The number of amides is 1. The summed E-state index contributed by atoms with van der Waals surface area (Å²) in [5, 5.41) is 2.88. The van der Waals surface area contributed by atoms with E-state index in [2.05, 4.69) is 12.2 Å². The lowest BCUT2D eigenvalue weighted by Gasteiger charge is -2.18. The van der Waals surface area contributed by atoms with Crippen LogP contribution in [0.4, 0.5) is 10.1 Å². The number of carbonyl (C=O) groups is 1. The maximum Gasteiger partial charge on any atom is 0.265 e. The second-order valence-corrected chi connectivity index (χ2v) is 6.17. The van der Waals surface area contributed by atoms with E-state index in [4.69, 9.17) is 4.74 Å². The van der Waals surface area contributed by atoms with Crippen molar-refractivity contribution in [1.82, 2.24) is 0 Å². The van der Waals surface area contributed by atoms with Gasteiger partial charge in [0.1, 0.15) is 0 Å². The third-order valence-electron chi connectivity index (χ3n) is 3.21. The van der Waals surface area contributed by atoms with Gasteiger partial charge in [0.15, 0.2) is 17.7 Å². The molecular formula is C18H20FNO2S. The van der Waals surface area contributed by atoms with Gasteiger partial charge >= 0.3 is 0 Å². The van der Waals surface area contributed by atoms with E-state index in [1.54, 1.807) is 23.9 Å². The van der Waals surface area contributed by atoms with Gasteiger partial charge in [-0.15, -0.1) is 11.8 Å². The Hall–Kier alpha value is -2.01. The minimum Gasteiger partial charge on any atom is -0.478 e. The number of carbonyl (C=O) groups excluding carboxylic acids is 1. The Kier molecular flexibility index (Phi) is 6.47. The second kappa shape index (κ2) is 8.58. The maximum atomic E-state index is 13.7. The number of thioether (sulfide) groups is 1. The molecule has 122 valence electrons. The first kappa shape index (κ1) is 17.3. The second-order valence-electron chi connectivity index (χ2n) is 4.86. The number of hydrogen-bond acceptors (Lipinski definition) is 3. The topological polar surface area (TPSA) is 38.3 Å². The fourth-order valence-electron chi connectivity index (χ4n) is 2.08. The average molecular weight is 333 g/mol. The molecule has 0 aliphatic carbocycles. The first-order valence-corrected chi connectivity index (χ1v) is 8.58. The van der Waals surface area contributed by atoms with Gasteiger partial charge in [-0.1, -0.05) is 38.1 Å². The van der Waals surface area contributed by atoms with Crippen molar-refractivity contribution in [3.63, 3.8) is 0 Å². The van der Waals surface area contributed by atoms with Gasteiger partial charge in [0.2, 0.25) is 0 Å². The number of hydrogen-bond donors (Lipinski definition) is 1. The van der Waals surface area contributed by atoms with Gasteiger partial charge in [-0.05, 0) is 36.4 Å². The van der Waals surface area contributed by atoms with Crippen LogP contribution in [0.25, 0.3) is 0 Å². The summed E-state index contributed by atoms with van der Waals surface area (Å²) < 4.78 is 19.2.